The van der Waals surface area contributed by atoms with Crippen molar-refractivity contribution in [3.8, 4) is 0 Å². The molecule has 0 spiro atoms. The summed E-state index contributed by atoms with van der Waals surface area (Å²) < 4.78 is 50.8. The van der Waals surface area contributed by atoms with Crippen LogP contribution in [0.5, 0.6) is 0 Å². The quantitative estimate of drug-likeness (QED) is 0.421. The van der Waals surface area contributed by atoms with Gasteiger partial charge >= 0.3 is 11.9 Å². The highest BCUT2D eigenvalue weighted by Gasteiger charge is 2.49. The number of hydrogen-bond donors (Lipinski definition) is 1. The number of aromatic nitrogens is 1. The summed E-state index contributed by atoms with van der Waals surface area (Å²) in [6.45, 7) is 0. The van der Waals surface area contributed by atoms with E-state index in [1.807, 2.05) is 0 Å². The average molecular weight is 432 g/mol. The van der Waals surface area contributed by atoms with Gasteiger partial charge in [0.15, 0.2) is 0 Å². The first-order valence-electron chi connectivity index (χ1n) is 8.56. The number of carbonyl (C=O) groups is 2. The van der Waals surface area contributed by atoms with E-state index in [1.54, 1.807) is 18.2 Å². The third-order valence-corrected chi connectivity index (χ3v) is 5.80. The molecule has 0 atom stereocenters. The van der Waals surface area contributed by atoms with Crippen LogP contribution in [-0.4, -0.2) is 39.6 Å². The molecule has 0 bridgehead atoms. The van der Waals surface area contributed by atoms with E-state index in [0.717, 1.165) is 32.6 Å². The number of sulfonamides is 1. The van der Waals surface area contributed by atoms with Crippen LogP contribution < -0.4 is 4.72 Å². The third-order valence-electron chi connectivity index (χ3n) is 4.42. The van der Waals surface area contributed by atoms with Crippen molar-refractivity contribution in [2.24, 2.45) is 5.41 Å². The normalized spacial score (nSPS) is 15.0. The number of nitrogens with one attached hydrogen (secondary N) is 1. The van der Waals surface area contributed by atoms with E-state index in [1.165, 1.54) is 24.3 Å². The Hall–Kier alpha value is -3.53. The zero-order valence-corrected chi connectivity index (χ0v) is 16.8. The molecule has 0 amide bonds. The van der Waals surface area contributed by atoms with Gasteiger partial charge in [0.25, 0.3) is 10.0 Å². The van der Waals surface area contributed by atoms with Crippen LogP contribution in [0.2, 0.25) is 0 Å². The largest absolute Gasteiger partial charge is 0.468 e. The molecule has 3 rings (SSSR count). The highest BCUT2D eigenvalue weighted by molar-refractivity contribution is 7.89. The molecule has 30 heavy (non-hydrogen) atoms. The maximum Gasteiger partial charge on any atom is 0.331 e. The number of methoxy groups -OCH3 is 2. The van der Waals surface area contributed by atoms with Gasteiger partial charge in [0.2, 0.25) is 11.4 Å². The summed E-state index contributed by atoms with van der Waals surface area (Å²) in [4.78, 5) is 28.5. The van der Waals surface area contributed by atoms with E-state index >= 15 is 0 Å². The molecule has 0 fully saturated rings. The number of allylic oxidation sites excluding steroid dienone is 1. The Morgan fingerprint density at radius 3 is 2.17 bits per heavy atom. The molecule has 0 aliphatic heterocycles. The predicted molar refractivity (Wildman–Crippen MR) is 103 cm³/mol. The lowest BCUT2D eigenvalue weighted by atomic mass is 9.89. The fourth-order valence-electron chi connectivity index (χ4n) is 2.97. The minimum Gasteiger partial charge on any atom is -0.468 e. The summed E-state index contributed by atoms with van der Waals surface area (Å²) in [6, 6.07) is 9.92. The molecule has 2 aromatic rings. The lowest BCUT2D eigenvalue weighted by Gasteiger charge is -2.18. The molecule has 1 aromatic heterocycles. The van der Waals surface area contributed by atoms with Crippen LogP contribution in [0, 0.1) is 11.4 Å². The van der Waals surface area contributed by atoms with Gasteiger partial charge < -0.3 is 9.47 Å². The Morgan fingerprint density at radius 1 is 1.00 bits per heavy atom. The first-order chi connectivity index (χ1) is 14.2. The summed E-state index contributed by atoms with van der Waals surface area (Å²) in [7, 11) is -1.90. The molecule has 0 saturated carbocycles. The maximum atomic E-state index is 13.3. The Kier molecular flexibility index (Phi) is 5.70. The van der Waals surface area contributed by atoms with Gasteiger partial charge in [-0.15, -0.1) is 0 Å². The van der Waals surface area contributed by atoms with E-state index in [9.17, 15) is 22.4 Å². The summed E-state index contributed by atoms with van der Waals surface area (Å²) in [5.74, 6) is -2.70. The van der Waals surface area contributed by atoms with Gasteiger partial charge in [0, 0.05) is 17.3 Å². The molecule has 0 radical (unpaired) electrons. The lowest BCUT2D eigenvalue weighted by molar-refractivity contribution is -0.161. The monoisotopic (exact) mass is 432 g/mol. The number of rotatable bonds is 6. The van der Waals surface area contributed by atoms with E-state index in [-0.39, 0.29) is 21.7 Å². The topological polar surface area (TPSA) is 112 Å². The first-order valence-corrected chi connectivity index (χ1v) is 10.0. The number of pyridine rings is 1. The van der Waals surface area contributed by atoms with Gasteiger partial charge in [-0.3, -0.25) is 14.3 Å². The number of halogens is 1. The molecule has 10 heteroatoms. The number of ether oxygens (including phenoxy) is 2. The molecular formula is C20H17FN2O6S. The lowest BCUT2D eigenvalue weighted by Crippen LogP contribution is -2.37. The van der Waals surface area contributed by atoms with Crippen LogP contribution in [0.3, 0.4) is 0 Å². The van der Waals surface area contributed by atoms with Crippen molar-refractivity contribution >= 4 is 27.5 Å². The van der Waals surface area contributed by atoms with E-state index < -0.39 is 33.3 Å². The number of nitrogens with zero attached hydrogens (tertiary/aromatic N) is 1. The molecule has 156 valence electrons. The van der Waals surface area contributed by atoms with Gasteiger partial charge in [-0.05, 0) is 36.4 Å². The SMILES string of the molecule is COC(=O)C1(C(=O)OC)C=C(NS(=O)(=O)c2ccccc2)C(c2ccc(F)nc2)=C1. The number of benzene rings is 1. The average Bonchev–Trinajstić information content (AvgIpc) is 3.13. The Balaban J connectivity index is 2.16. The predicted octanol–water partition coefficient (Wildman–Crippen LogP) is 1.81. The van der Waals surface area contributed by atoms with Crippen LogP contribution >= 0.6 is 0 Å². The van der Waals surface area contributed by atoms with Gasteiger partial charge in [0.1, 0.15) is 0 Å². The van der Waals surface area contributed by atoms with Crippen LogP contribution in [0.15, 0.2) is 71.4 Å². The molecule has 1 aromatic carbocycles. The van der Waals surface area contributed by atoms with Gasteiger partial charge in [-0.1, -0.05) is 18.2 Å². The van der Waals surface area contributed by atoms with Crippen molar-refractivity contribution in [1.29, 1.82) is 0 Å². The Bertz CT molecular complexity index is 1130. The fraction of sp³-hybridized carbons (Fsp3) is 0.150. The molecule has 8 nitrogen and oxygen atoms in total. The molecule has 1 heterocycles. The molecular weight excluding hydrogens is 415 g/mol. The van der Waals surface area contributed by atoms with E-state index in [2.05, 4.69) is 9.71 Å². The van der Waals surface area contributed by atoms with Gasteiger partial charge in [0.05, 0.1) is 24.8 Å². The van der Waals surface area contributed by atoms with Gasteiger partial charge in [-0.25, -0.2) is 13.4 Å². The molecule has 1 aliphatic rings. The first kappa shape index (κ1) is 21.2. The van der Waals surface area contributed by atoms with E-state index in [4.69, 9.17) is 9.47 Å². The second-order valence-electron chi connectivity index (χ2n) is 6.26. The molecule has 1 aliphatic carbocycles. The Morgan fingerprint density at radius 2 is 1.63 bits per heavy atom. The van der Waals surface area contributed by atoms with Crippen LogP contribution in [0.4, 0.5) is 4.39 Å². The van der Waals surface area contributed by atoms with Crippen molar-refractivity contribution in [3.05, 3.63) is 78.0 Å². The summed E-state index contributed by atoms with van der Waals surface area (Å²) in [5.41, 5.74) is -1.70. The zero-order valence-electron chi connectivity index (χ0n) is 16.0. The fourth-order valence-corrected chi connectivity index (χ4v) is 4.06. The second-order valence-corrected chi connectivity index (χ2v) is 7.94. The van der Waals surface area contributed by atoms with Crippen molar-refractivity contribution in [2.75, 3.05) is 14.2 Å². The minimum atomic E-state index is -4.07. The van der Waals surface area contributed by atoms with Crippen LogP contribution in [-0.2, 0) is 29.1 Å². The van der Waals surface area contributed by atoms with Crippen molar-refractivity contribution in [1.82, 2.24) is 9.71 Å². The van der Waals surface area contributed by atoms with Crippen molar-refractivity contribution in [2.45, 2.75) is 4.90 Å². The number of carbonyl (C=O) groups excluding carboxylic acids is 2. The maximum absolute atomic E-state index is 13.3. The number of hydrogen-bond acceptors (Lipinski definition) is 7. The third kappa shape index (κ3) is 3.81. The zero-order chi connectivity index (χ0) is 21.9. The highest BCUT2D eigenvalue weighted by Crippen LogP contribution is 2.40. The van der Waals surface area contributed by atoms with Crippen molar-refractivity contribution in [3.63, 3.8) is 0 Å². The van der Waals surface area contributed by atoms with Gasteiger partial charge in [-0.2, -0.15) is 4.39 Å². The summed E-state index contributed by atoms with van der Waals surface area (Å²) in [6.07, 6.45) is 3.45. The van der Waals surface area contributed by atoms with Crippen molar-refractivity contribution < 1.29 is 31.9 Å². The van der Waals surface area contributed by atoms with E-state index in [0.29, 0.717) is 0 Å². The highest BCUT2D eigenvalue weighted by atomic mass is 32.2. The molecule has 0 saturated heterocycles. The molecule has 1 N–H and O–H groups in total. The summed E-state index contributed by atoms with van der Waals surface area (Å²) in [5, 5.41) is 0. The minimum absolute atomic E-state index is 0.0314. The summed E-state index contributed by atoms with van der Waals surface area (Å²) >= 11 is 0. The van der Waals surface area contributed by atoms with Crippen LogP contribution in [0.25, 0.3) is 5.57 Å². The second kappa shape index (κ2) is 8.07. The molecule has 0 unspecified atom stereocenters. The number of esters is 2. The van der Waals surface area contributed by atoms with Crippen LogP contribution in [0.1, 0.15) is 5.56 Å². The Labute approximate surface area is 172 Å². The standard InChI is InChI=1S/C20H17FN2O6S/c1-28-18(24)20(19(25)29-2)10-15(13-8-9-17(21)22-12-13)16(11-20)23-30(26,27)14-6-4-3-5-7-14/h3-12,23H,1-2H3. The smallest absolute Gasteiger partial charge is 0.331 e.